The summed E-state index contributed by atoms with van der Waals surface area (Å²) < 4.78 is 40.2. The summed E-state index contributed by atoms with van der Waals surface area (Å²) in [6.07, 6.45) is 4.27. The molecule has 4 aromatic rings. The van der Waals surface area contributed by atoms with Gasteiger partial charge in [0.2, 0.25) is 0 Å². The van der Waals surface area contributed by atoms with Crippen LogP contribution in [0, 0.1) is 12.7 Å². The monoisotopic (exact) mass is 397 g/mol. The summed E-state index contributed by atoms with van der Waals surface area (Å²) in [5.41, 5.74) is 1.94. The summed E-state index contributed by atoms with van der Waals surface area (Å²) in [7, 11) is -3.84. The predicted molar refractivity (Wildman–Crippen MR) is 104 cm³/mol. The van der Waals surface area contributed by atoms with Crippen molar-refractivity contribution in [3.63, 3.8) is 0 Å². The van der Waals surface area contributed by atoms with Crippen molar-refractivity contribution in [3.05, 3.63) is 84.1 Å². The van der Waals surface area contributed by atoms with Crippen molar-refractivity contribution >= 4 is 32.5 Å². The highest BCUT2D eigenvalue weighted by molar-refractivity contribution is 7.90. The number of hydrogen-bond donors (Lipinski definition) is 2. The number of aromatic nitrogens is 2. The van der Waals surface area contributed by atoms with Gasteiger partial charge in [0.25, 0.3) is 15.9 Å². The summed E-state index contributed by atoms with van der Waals surface area (Å²) in [5.74, 6) is -0.990. The number of hydrogen-bond acceptors (Lipinski definition) is 3. The number of anilines is 1. The van der Waals surface area contributed by atoms with Crippen molar-refractivity contribution in [3.8, 4) is 0 Å². The van der Waals surface area contributed by atoms with Gasteiger partial charge in [-0.15, -0.1) is 0 Å². The third kappa shape index (κ3) is 3.29. The number of carbonyl (C=O) groups excluding carboxylic acids is 1. The molecule has 0 saturated carbocycles. The zero-order valence-electron chi connectivity index (χ0n) is 14.8. The third-order valence-corrected chi connectivity index (χ3v) is 5.96. The molecule has 0 unspecified atom stereocenters. The van der Waals surface area contributed by atoms with E-state index in [1.54, 1.807) is 37.4 Å². The van der Waals surface area contributed by atoms with Crippen molar-refractivity contribution in [1.82, 2.24) is 8.96 Å². The molecule has 2 aromatic carbocycles. The SMILES string of the molecule is Cc1cc(F)cc(NC(=O)c2ccn(S(=O)(=O)c3ccc4[nH]ccc4c3)c2)c1. The smallest absolute Gasteiger partial charge is 0.267 e. The van der Waals surface area contributed by atoms with Gasteiger partial charge in [-0.05, 0) is 61.0 Å². The Morgan fingerprint density at radius 3 is 2.71 bits per heavy atom. The van der Waals surface area contributed by atoms with Crippen LogP contribution in [0.3, 0.4) is 0 Å². The van der Waals surface area contributed by atoms with E-state index in [1.165, 1.54) is 36.7 Å². The Labute approximate surface area is 160 Å². The second kappa shape index (κ2) is 6.65. The van der Waals surface area contributed by atoms with Crippen LogP contribution in [0.2, 0.25) is 0 Å². The quantitative estimate of drug-likeness (QED) is 0.548. The van der Waals surface area contributed by atoms with E-state index in [2.05, 4.69) is 10.3 Å². The van der Waals surface area contributed by atoms with Gasteiger partial charge in [-0.2, -0.15) is 0 Å². The Balaban J connectivity index is 1.61. The Hall–Kier alpha value is -3.39. The molecule has 6 nitrogen and oxygen atoms in total. The molecule has 8 heteroatoms. The van der Waals surface area contributed by atoms with Gasteiger partial charge in [-0.25, -0.2) is 16.8 Å². The van der Waals surface area contributed by atoms with Gasteiger partial charge < -0.3 is 10.3 Å². The lowest BCUT2D eigenvalue weighted by molar-refractivity contribution is 0.102. The number of aryl methyl sites for hydroxylation is 1. The highest BCUT2D eigenvalue weighted by Gasteiger charge is 2.19. The average molecular weight is 397 g/mol. The lowest BCUT2D eigenvalue weighted by Gasteiger charge is -2.07. The highest BCUT2D eigenvalue weighted by atomic mass is 32.2. The molecular formula is C20H16FN3O3S. The fraction of sp³-hybridized carbons (Fsp3) is 0.0500. The minimum absolute atomic E-state index is 0.114. The molecule has 2 N–H and O–H groups in total. The number of H-pyrrole nitrogens is 1. The summed E-state index contributed by atoms with van der Waals surface area (Å²) in [6.45, 7) is 1.71. The highest BCUT2D eigenvalue weighted by Crippen LogP contribution is 2.21. The van der Waals surface area contributed by atoms with Gasteiger partial charge in [0, 0.05) is 35.2 Å². The van der Waals surface area contributed by atoms with Crippen LogP contribution < -0.4 is 5.32 Å². The average Bonchev–Trinajstić information content (AvgIpc) is 3.30. The van der Waals surface area contributed by atoms with Crippen LogP contribution in [0.1, 0.15) is 15.9 Å². The molecule has 1 amide bonds. The van der Waals surface area contributed by atoms with E-state index in [0.29, 0.717) is 11.3 Å². The van der Waals surface area contributed by atoms with Crippen LogP contribution >= 0.6 is 0 Å². The van der Waals surface area contributed by atoms with E-state index in [4.69, 9.17) is 0 Å². The number of rotatable bonds is 4. The fourth-order valence-electron chi connectivity index (χ4n) is 2.99. The van der Waals surface area contributed by atoms with Crippen LogP contribution in [0.5, 0.6) is 0 Å². The number of nitrogens with zero attached hydrogens (tertiary/aromatic N) is 1. The van der Waals surface area contributed by atoms with Gasteiger partial charge in [0.15, 0.2) is 0 Å². The minimum atomic E-state index is -3.84. The molecule has 4 rings (SSSR count). The number of aromatic amines is 1. The summed E-state index contributed by atoms with van der Waals surface area (Å²) in [5, 5.41) is 3.34. The van der Waals surface area contributed by atoms with Crippen molar-refractivity contribution in [2.75, 3.05) is 5.32 Å². The Bertz CT molecular complexity index is 1280. The van der Waals surface area contributed by atoms with Crippen molar-refractivity contribution < 1.29 is 17.6 Å². The van der Waals surface area contributed by atoms with Crippen LogP contribution in [0.25, 0.3) is 10.9 Å². The van der Waals surface area contributed by atoms with E-state index >= 15 is 0 Å². The second-order valence-electron chi connectivity index (χ2n) is 6.43. The first kappa shape index (κ1) is 18.0. The lowest BCUT2D eigenvalue weighted by atomic mass is 10.2. The molecule has 0 radical (unpaired) electrons. The Kier molecular flexibility index (Phi) is 4.27. The summed E-state index contributed by atoms with van der Waals surface area (Å²) in [6, 6.07) is 12.1. The molecule has 0 fully saturated rings. The maximum absolute atomic E-state index is 13.5. The van der Waals surface area contributed by atoms with E-state index in [-0.39, 0.29) is 10.5 Å². The topological polar surface area (TPSA) is 84.0 Å². The molecule has 142 valence electrons. The number of benzene rings is 2. The van der Waals surface area contributed by atoms with Gasteiger partial charge in [-0.1, -0.05) is 0 Å². The number of fused-ring (bicyclic) bond motifs is 1. The van der Waals surface area contributed by atoms with E-state index in [1.807, 2.05) is 0 Å². The second-order valence-corrected chi connectivity index (χ2v) is 8.28. The molecule has 0 bridgehead atoms. The van der Waals surface area contributed by atoms with Crippen molar-refractivity contribution in [2.45, 2.75) is 11.8 Å². The molecular weight excluding hydrogens is 381 g/mol. The van der Waals surface area contributed by atoms with Gasteiger partial charge in [-0.3, -0.25) is 4.79 Å². The lowest BCUT2D eigenvalue weighted by Crippen LogP contribution is -2.13. The van der Waals surface area contributed by atoms with E-state index < -0.39 is 21.7 Å². The summed E-state index contributed by atoms with van der Waals surface area (Å²) >= 11 is 0. The molecule has 0 aliphatic carbocycles. The van der Waals surface area contributed by atoms with Crippen LogP contribution in [0.15, 0.2) is 72.0 Å². The van der Waals surface area contributed by atoms with Gasteiger partial charge in [0.1, 0.15) is 5.82 Å². The maximum Gasteiger partial charge on any atom is 0.267 e. The predicted octanol–water partition coefficient (Wildman–Crippen LogP) is 3.91. The van der Waals surface area contributed by atoms with Crippen LogP contribution in [-0.2, 0) is 10.0 Å². The maximum atomic E-state index is 13.5. The Morgan fingerprint density at radius 1 is 1.11 bits per heavy atom. The number of amides is 1. The number of carbonyl (C=O) groups is 1. The largest absolute Gasteiger partial charge is 0.361 e. The summed E-state index contributed by atoms with van der Waals surface area (Å²) in [4.78, 5) is 15.5. The normalized spacial score (nSPS) is 11.6. The molecule has 0 aliphatic rings. The fourth-order valence-corrected chi connectivity index (χ4v) is 4.22. The molecule has 0 spiro atoms. The standard InChI is InChI=1S/C20H16FN3O3S/c1-13-8-16(21)11-17(9-13)23-20(25)15-5-7-24(12-15)28(26,27)18-2-3-19-14(10-18)4-6-22-19/h2-12,22H,1H3,(H,23,25). The molecule has 2 heterocycles. The van der Waals surface area contributed by atoms with E-state index in [9.17, 15) is 17.6 Å². The van der Waals surface area contributed by atoms with Gasteiger partial charge >= 0.3 is 0 Å². The van der Waals surface area contributed by atoms with Crippen LogP contribution in [0.4, 0.5) is 10.1 Å². The number of nitrogens with one attached hydrogen (secondary N) is 2. The van der Waals surface area contributed by atoms with Crippen molar-refractivity contribution in [1.29, 1.82) is 0 Å². The first-order chi connectivity index (χ1) is 13.3. The molecule has 0 atom stereocenters. The van der Waals surface area contributed by atoms with Gasteiger partial charge in [0.05, 0.1) is 10.5 Å². The Morgan fingerprint density at radius 2 is 1.93 bits per heavy atom. The molecule has 0 saturated heterocycles. The molecule has 28 heavy (non-hydrogen) atoms. The third-order valence-electron chi connectivity index (χ3n) is 4.33. The minimum Gasteiger partial charge on any atom is -0.361 e. The number of halogens is 1. The van der Waals surface area contributed by atoms with Crippen LogP contribution in [-0.4, -0.2) is 23.3 Å². The zero-order valence-corrected chi connectivity index (χ0v) is 15.6. The first-order valence-corrected chi connectivity index (χ1v) is 9.86. The molecule has 0 aliphatic heterocycles. The van der Waals surface area contributed by atoms with E-state index in [0.717, 1.165) is 14.9 Å². The molecule has 2 aromatic heterocycles. The zero-order chi connectivity index (χ0) is 19.9. The van der Waals surface area contributed by atoms with Crippen molar-refractivity contribution in [2.24, 2.45) is 0 Å². The first-order valence-electron chi connectivity index (χ1n) is 8.42.